The van der Waals surface area contributed by atoms with Crippen LogP contribution in [0.4, 0.5) is 0 Å². The lowest BCUT2D eigenvalue weighted by Crippen LogP contribution is -2.46. The van der Waals surface area contributed by atoms with Crippen molar-refractivity contribution in [3.05, 3.63) is 308 Å². The molecule has 0 saturated heterocycles. The lowest BCUT2D eigenvalue weighted by Gasteiger charge is -2.43. The summed E-state index contributed by atoms with van der Waals surface area (Å²) in [5, 5.41) is 27.6. The lowest BCUT2D eigenvalue weighted by atomic mass is 9.90. The maximum Gasteiger partial charge on any atom is 0.154 e. The number of fused-ring (bicyclic) bond motifs is 9. The number of amidine groups is 2. The van der Waals surface area contributed by atoms with Crippen LogP contribution in [0, 0.1) is 16.7 Å². The van der Waals surface area contributed by atoms with Crippen molar-refractivity contribution in [2.75, 3.05) is 7.05 Å². The fraction of sp³-hybridized carbons (Fsp3) is 0.0375. The topological polar surface area (TPSA) is 78.0 Å². The molecular weight excluding hydrogens is 1060 g/mol. The zero-order chi connectivity index (χ0) is 58.1. The van der Waals surface area contributed by atoms with E-state index in [9.17, 15) is 10.7 Å². The van der Waals surface area contributed by atoms with E-state index in [1.165, 1.54) is 0 Å². The molecule has 87 heavy (non-hydrogen) atoms. The van der Waals surface area contributed by atoms with Gasteiger partial charge in [-0.3, -0.25) is 5.41 Å². The molecule has 0 amide bonds. The second-order valence-electron chi connectivity index (χ2n) is 22.6. The summed E-state index contributed by atoms with van der Waals surface area (Å²) >= 11 is 0. The van der Waals surface area contributed by atoms with Gasteiger partial charge in [-0.1, -0.05) is 212 Å². The molecule has 3 aromatic heterocycles. The highest BCUT2D eigenvalue weighted by Crippen LogP contribution is 2.49. The smallest absolute Gasteiger partial charge is 0.154 e. The van der Waals surface area contributed by atoms with Gasteiger partial charge in [0.15, 0.2) is 5.84 Å². The maximum atomic E-state index is 10.8. The van der Waals surface area contributed by atoms with Crippen LogP contribution in [0.2, 0.25) is 0 Å². The average molecular weight is 1110 g/mol. The zero-order valence-electron chi connectivity index (χ0n) is 47.7. The molecular formula is C80H55N7. The summed E-state index contributed by atoms with van der Waals surface area (Å²) in [6, 6.07) is 105. The van der Waals surface area contributed by atoms with E-state index < -0.39 is 0 Å². The number of nitriles is 1. The molecule has 1 aliphatic carbocycles. The van der Waals surface area contributed by atoms with Gasteiger partial charge in [-0.2, -0.15) is 5.26 Å². The van der Waals surface area contributed by atoms with Gasteiger partial charge in [0.05, 0.1) is 62.2 Å². The molecule has 0 saturated carbocycles. The van der Waals surface area contributed by atoms with Gasteiger partial charge in [0.1, 0.15) is 5.84 Å². The third-order valence-corrected chi connectivity index (χ3v) is 17.7. The van der Waals surface area contributed by atoms with Crippen molar-refractivity contribution in [2.24, 2.45) is 4.99 Å². The molecule has 1 unspecified atom stereocenters. The van der Waals surface area contributed by atoms with Crippen LogP contribution in [0.3, 0.4) is 0 Å². The second-order valence-corrected chi connectivity index (χ2v) is 22.6. The number of rotatable bonds is 10. The molecule has 7 heteroatoms. The average Bonchev–Trinajstić information content (AvgIpc) is 1.70. The first kappa shape index (κ1) is 51.1. The predicted octanol–water partition coefficient (Wildman–Crippen LogP) is 19.5. The monoisotopic (exact) mass is 1110 g/mol. The first-order chi connectivity index (χ1) is 43.0. The van der Waals surface area contributed by atoms with Gasteiger partial charge >= 0.3 is 0 Å². The number of benzene rings is 12. The predicted molar refractivity (Wildman–Crippen MR) is 362 cm³/mol. The Balaban J connectivity index is 0.993. The minimum Gasteiger partial charge on any atom is -0.350 e. The van der Waals surface area contributed by atoms with E-state index in [0.717, 1.165) is 133 Å². The largest absolute Gasteiger partial charge is 0.350 e. The van der Waals surface area contributed by atoms with E-state index in [-0.39, 0.29) is 11.9 Å². The fourth-order valence-electron chi connectivity index (χ4n) is 13.5. The Morgan fingerprint density at radius 3 is 1.21 bits per heavy atom. The van der Waals surface area contributed by atoms with Crippen LogP contribution in [0.5, 0.6) is 0 Å². The highest BCUT2D eigenvalue weighted by molar-refractivity contribution is 6.19. The third kappa shape index (κ3) is 8.57. The summed E-state index contributed by atoms with van der Waals surface area (Å²) in [5.74, 6) is 0.683. The van der Waals surface area contributed by atoms with Crippen molar-refractivity contribution in [1.82, 2.24) is 18.6 Å². The Hall–Kier alpha value is -11.6. The van der Waals surface area contributed by atoms with E-state index in [4.69, 9.17) is 4.99 Å². The van der Waals surface area contributed by atoms with Gasteiger partial charge in [0.2, 0.25) is 0 Å². The number of para-hydroxylation sites is 2. The van der Waals surface area contributed by atoms with Crippen molar-refractivity contribution in [2.45, 2.75) is 12.5 Å². The fourth-order valence-corrected chi connectivity index (χ4v) is 13.5. The number of aromatic nitrogens is 3. The molecule has 12 aromatic carbocycles. The summed E-state index contributed by atoms with van der Waals surface area (Å²) < 4.78 is 7.33. The molecule has 0 bridgehead atoms. The number of nitrogens with zero attached hydrogens (tertiary/aromatic N) is 6. The molecule has 15 aromatic rings. The Kier molecular flexibility index (Phi) is 12.3. The molecule has 0 spiro atoms. The summed E-state index contributed by atoms with van der Waals surface area (Å²) in [4.78, 5) is 7.77. The quantitative estimate of drug-likeness (QED) is 0.109. The van der Waals surface area contributed by atoms with Crippen LogP contribution in [0.15, 0.2) is 296 Å². The first-order valence-electron chi connectivity index (χ1n) is 29.6. The third-order valence-electron chi connectivity index (χ3n) is 17.7. The summed E-state index contributed by atoms with van der Waals surface area (Å²) in [5.41, 5.74) is 20.6. The van der Waals surface area contributed by atoms with Gasteiger partial charge in [-0.15, -0.1) is 0 Å². The highest BCUT2D eigenvalue weighted by Gasteiger charge is 2.40. The first-order valence-corrected chi connectivity index (χ1v) is 29.6. The minimum absolute atomic E-state index is 0.114. The SMILES string of the molecule is CN(/C(=N\C(=N)c1ccccc1)c1cc(C#N)ccc1-n1c2ccccc2c2ccccc21)C1CC(n2c3ccc(-c4ccccc4)cc3c3cc(-c4ccccc4)ccc32)=C1n1c2ccc(-c3ccccc3)cc2c2cc(-c3ccccc3)ccc21. The number of hydrogen-bond donors (Lipinski definition) is 1. The van der Waals surface area contributed by atoms with Crippen molar-refractivity contribution in [3.8, 4) is 56.3 Å². The van der Waals surface area contributed by atoms with Crippen molar-refractivity contribution in [1.29, 1.82) is 10.7 Å². The van der Waals surface area contributed by atoms with Crippen LogP contribution in [-0.2, 0) is 0 Å². The Bertz CT molecular complexity index is 5090. The molecule has 16 rings (SSSR count). The van der Waals surface area contributed by atoms with E-state index in [1.54, 1.807) is 0 Å². The van der Waals surface area contributed by atoms with Gasteiger partial charge < -0.3 is 18.6 Å². The van der Waals surface area contributed by atoms with E-state index in [1.807, 2.05) is 42.5 Å². The molecule has 7 nitrogen and oxygen atoms in total. The zero-order valence-corrected chi connectivity index (χ0v) is 47.7. The highest BCUT2D eigenvalue weighted by atomic mass is 15.3. The van der Waals surface area contributed by atoms with Crippen molar-refractivity contribution >= 4 is 88.5 Å². The van der Waals surface area contributed by atoms with Crippen molar-refractivity contribution < 1.29 is 0 Å². The van der Waals surface area contributed by atoms with Gasteiger partial charge in [0, 0.05) is 62.6 Å². The lowest BCUT2D eigenvalue weighted by molar-refractivity contribution is 0.411. The Morgan fingerprint density at radius 1 is 0.402 bits per heavy atom. The standard InChI is InChI=1S/C80H55N7/c1-84(80(83-79(82)57-29-15-6-16-30-57)68-45-52(51-81)35-40-75(68)85-69-33-19-17-31-62(69)63-32-18-20-34-70(63)85)76-50-77(86-71-41-36-58(53-21-7-2-8-22-53)46-64(71)65-47-59(37-42-72(65)86)54-23-9-3-10-24-54)78(76)87-73-43-38-60(55-25-11-4-12-26-55)48-66(73)67-49-61(39-44-74(67)87)56-27-13-5-14-28-56/h2-49,76,82H,50H2,1H3/b82-79?,83-80-. The summed E-state index contributed by atoms with van der Waals surface area (Å²) in [6.45, 7) is 0. The number of likely N-dealkylation sites (N-methyl/N-ethyl adjacent to an activating group) is 1. The molecule has 0 fully saturated rings. The van der Waals surface area contributed by atoms with Gasteiger partial charge in [0.25, 0.3) is 0 Å². The number of aliphatic imine (C=N–C) groups is 1. The molecule has 0 radical (unpaired) electrons. The van der Waals surface area contributed by atoms with Crippen molar-refractivity contribution in [3.63, 3.8) is 0 Å². The van der Waals surface area contributed by atoms with E-state index >= 15 is 0 Å². The van der Waals surface area contributed by atoms with Crippen LogP contribution in [0.25, 0.3) is 127 Å². The van der Waals surface area contributed by atoms with Crippen LogP contribution >= 0.6 is 0 Å². The molecule has 1 atom stereocenters. The number of nitrogens with one attached hydrogen (secondary N) is 1. The minimum atomic E-state index is -0.319. The van der Waals surface area contributed by atoms with Gasteiger partial charge in [-0.05, 0) is 123 Å². The van der Waals surface area contributed by atoms with Crippen LogP contribution < -0.4 is 0 Å². The molecule has 410 valence electrons. The molecule has 1 aliphatic rings. The normalized spacial score (nSPS) is 13.5. The van der Waals surface area contributed by atoms with Crippen LogP contribution in [-0.4, -0.2) is 43.4 Å². The Morgan fingerprint density at radius 2 is 0.782 bits per heavy atom. The molecule has 0 aliphatic heterocycles. The van der Waals surface area contributed by atoms with E-state index in [2.05, 4.69) is 280 Å². The Labute approximate surface area is 503 Å². The molecule has 3 heterocycles. The van der Waals surface area contributed by atoms with E-state index in [0.29, 0.717) is 23.4 Å². The maximum absolute atomic E-state index is 10.8. The summed E-state index contributed by atoms with van der Waals surface area (Å²) in [6.07, 6.45) is 0.608. The van der Waals surface area contributed by atoms with Crippen LogP contribution in [0.1, 0.15) is 23.1 Å². The number of hydrogen-bond acceptors (Lipinski definition) is 2. The van der Waals surface area contributed by atoms with Gasteiger partial charge in [-0.25, -0.2) is 4.99 Å². The second kappa shape index (κ2) is 20.9. The molecule has 1 N–H and O–H groups in total. The summed E-state index contributed by atoms with van der Waals surface area (Å²) in [7, 11) is 2.13.